The normalized spacial score (nSPS) is 17.8. The number of hydrogen-bond acceptors (Lipinski definition) is 4. The van der Waals surface area contributed by atoms with E-state index in [1.54, 1.807) is 6.07 Å². The number of hydrogen-bond donors (Lipinski definition) is 2. The van der Waals surface area contributed by atoms with Crippen molar-refractivity contribution in [2.24, 2.45) is 5.84 Å². The molecule has 0 radical (unpaired) electrons. The molecule has 0 amide bonds. The van der Waals surface area contributed by atoms with Gasteiger partial charge in [0.2, 0.25) is 0 Å². The van der Waals surface area contributed by atoms with Crippen molar-refractivity contribution < 1.29 is 0 Å². The summed E-state index contributed by atoms with van der Waals surface area (Å²) in [6, 6.07) is 3.63. The van der Waals surface area contributed by atoms with Crippen molar-refractivity contribution in [2.45, 2.75) is 32.2 Å². The number of nitrogens with zero attached hydrogens (tertiary/aromatic N) is 2. The lowest BCUT2D eigenvalue weighted by atomic mass is 10.2. The van der Waals surface area contributed by atoms with E-state index in [0.717, 1.165) is 25.3 Å². The molecule has 1 aliphatic rings. The molecule has 4 nitrogen and oxygen atoms in total. The highest BCUT2D eigenvalue weighted by Crippen LogP contribution is 2.19. The minimum Gasteiger partial charge on any atom is -0.308 e. The van der Waals surface area contributed by atoms with Crippen molar-refractivity contribution >= 4 is 17.4 Å². The van der Waals surface area contributed by atoms with Crippen LogP contribution in [0.4, 0.5) is 5.82 Å². The number of hydrazine groups is 1. The minimum atomic E-state index is 0.666. The smallest absolute Gasteiger partial charge is 0.140 e. The summed E-state index contributed by atoms with van der Waals surface area (Å²) in [5, 5.41) is 0.716. The molecule has 0 aromatic carbocycles. The molecule has 1 fully saturated rings. The third-order valence-electron chi connectivity index (χ3n) is 3.14. The van der Waals surface area contributed by atoms with Crippen LogP contribution in [0.5, 0.6) is 0 Å². The van der Waals surface area contributed by atoms with Crippen LogP contribution < -0.4 is 11.3 Å². The second-order valence-corrected chi connectivity index (χ2v) is 4.87. The van der Waals surface area contributed by atoms with E-state index in [9.17, 15) is 0 Å². The number of nitrogens with one attached hydrogen (secondary N) is 1. The van der Waals surface area contributed by atoms with E-state index in [4.69, 9.17) is 17.4 Å². The number of nitrogens with two attached hydrogens (primary N) is 1. The Morgan fingerprint density at radius 1 is 1.24 bits per heavy atom. The van der Waals surface area contributed by atoms with E-state index in [1.807, 2.05) is 6.07 Å². The van der Waals surface area contributed by atoms with Gasteiger partial charge in [0.15, 0.2) is 0 Å². The zero-order chi connectivity index (χ0) is 12.1. The number of halogens is 1. The lowest BCUT2D eigenvalue weighted by Gasteiger charge is -2.20. The number of anilines is 1. The summed E-state index contributed by atoms with van der Waals surface area (Å²) in [5.41, 5.74) is 3.46. The third-order valence-corrected chi connectivity index (χ3v) is 3.48. The molecule has 0 bridgehead atoms. The van der Waals surface area contributed by atoms with Gasteiger partial charge in [0.05, 0.1) is 10.7 Å². The Morgan fingerprint density at radius 3 is 2.59 bits per heavy atom. The van der Waals surface area contributed by atoms with E-state index in [-0.39, 0.29) is 0 Å². The highest BCUT2D eigenvalue weighted by molar-refractivity contribution is 6.31. The summed E-state index contributed by atoms with van der Waals surface area (Å²) in [4.78, 5) is 6.82. The van der Waals surface area contributed by atoms with Crippen LogP contribution in [-0.4, -0.2) is 23.0 Å². The first-order valence-electron chi connectivity index (χ1n) is 6.14. The monoisotopic (exact) mass is 254 g/mol. The van der Waals surface area contributed by atoms with Crippen LogP contribution >= 0.6 is 11.6 Å². The minimum absolute atomic E-state index is 0.666. The van der Waals surface area contributed by atoms with Gasteiger partial charge < -0.3 is 5.43 Å². The van der Waals surface area contributed by atoms with Crippen LogP contribution in [0.3, 0.4) is 0 Å². The first kappa shape index (κ1) is 12.6. The fourth-order valence-corrected chi connectivity index (χ4v) is 2.35. The molecule has 3 N–H and O–H groups in total. The number of rotatable bonds is 3. The first-order chi connectivity index (χ1) is 8.29. The quantitative estimate of drug-likeness (QED) is 0.643. The van der Waals surface area contributed by atoms with Crippen LogP contribution in [0.15, 0.2) is 12.1 Å². The Bertz CT molecular complexity index is 362. The second kappa shape index (κ2) is 6.19. The topological polar surface area (TPSA) is 54.2 Å². The van der Waals surface area contributed by atoms with E-state index >= 15 is 0 Å². The van der Waals surface area contributed by atoms with Crippen molar-refractivity contribution in [3.8, 4) is 0 Å². The van der Waals surface area contributed by atoms with Crippen molar-refractivity contribution in [1.29, 1.82) is 0 Å². The Balaban J connectivity index is 2.05. The molecule has 1 aromatic heterocycles. The zero-order valence-corrected chi connectivity index (χ0v) is 10.7. The molecule has 2 heterocycles. The molecule has 17 heavy (non-hydrogen) atoms. The van der Waals surface area contributed by atoms with Crippen LogP contribution in [-0.2, 0) is 6.54 Å². The summed E-state index contributed by atoms with van der Waals surface area (Å²) < 4.78 is 0. The van der Waals surface area contributed by atoms with Gasteiger partial charge >= 0.3 is 0 Å². The van der Waals surface area contributed by atoms with Gasteiger partial charge in [0.1, 0.15) is 5.82 Å². The SMILES string of the molecule is NNc1ccc(Cl)c(CN2CCCCCC2)n1. The van der Waals surface area contributed by atoms with Crippen molar-refractivity contribution in [2.75, 3.05) is 18.5 Å². The zero-order valence-electron chi connectivity index (χ0n) is 9.95. The molecule has 0 unspecified atom stereocenters. The first-order valence-corrected chi connectivity index (χ1v) is 6.52. The van der Waals surface area contributed by atoms with E-state index in [2.05, 4.69) is 15.3 Å². The van der Waals surface area contributed by atoms with E-state index < -0.39 is 0 Å². The Labute approximate surface area is 107 Å². The predicted octanol–water partition coefficient (Wildman–Crippen LogP) is 2.40. The van der Waals surface area contributed by atoms with Crippen molar-refractivity contribution in [3.63, 3.8) is 0 Å². The number of likely N-dealkylation sites (tertiary alicyclic amines) is 1. The van der Waals surface area contributed by atoms with Gasteiger partial charge in [-0.05, 0) is 38.1 Å². The lowest BCUT2D eigenvalue weighted by Crippen LogP contribution is -2.25. The fourth-order valence-electron chi connectivity index (χ4n) is 2.18. The molecule has 1 aliphatic heterocycles. The summed E-state index contributed by atoms with van der Waals surface area (Å²) in [6.45, 7) is 3.09. The van der Waals surface area contributed by atoms with Crippen LogP contribution in [0.2, 0.25) is 5.02 Å². The molecule has 1 aromatic rings. The maximum atomic E-state index is 6.16. The van der Waals surface area contributed by atoms with Crippen molar-refractivity contribution in [3.05, 3.63) is 22.8 Å². The predicted molar refractivity (Wildman–Crippen MR) is 70.8 cm³/mol. The Kier molecular flexibility index (Phi) is 4.59. The number of nitrogen functional groups attached to an aromatic ring is 1. The van der Waals surface area contributed by atoms with Gasteiger partial charge in [-0.1, -0.05) is 24.4 Å². The van der Waals surface area contributed by atoms with Crippen LogP contribution in [0.1, 0.15) is 31.4 Å². The molecule has 1 saturated heterocycles. The Hall–Kier alpha value is -0.840. The summed E-state index contributed by atoms with van der Waals surface area (Å²) in [5.74, 6) is 6.02. The molecule has 0 spiro atoms. The molecular weight excluding hydrogens is 236 g/mol. The average molecular weight is 255 g/mol. The molecule has 0 saturated carbocycles. The maximum absolute atomic E-state index is 6.16. The molecule has 5 heteroatoms. The fraction of sp³-hybridized carbons (Fsp3) is 0.583. The van der Waals surface area contributed by atoms with E-state index in [1.165, 1.54) is 25.7 Å². The largest absolute Gasteiger partial charge is 0.308 e. The van der Waals surface area contributed by atoms with Crippen molar-refractivity contribution in [1.82, 2.24) is 9.88 Å². The van der Waals surface area contributed by atoms with Gasteiger partial charge in [-0.15, -0.1) is 0 Å². The lowest BCUT2D eigenvalue weighted by molar-refractivity contribution is 0.274. The third kappa shape index (κ3) is 3.56. The summed E-state index contributed by atoms with van der Waals surface area (Å²) >= 11 is 6.16. The molecule has 0 aliphatic carbocycles. The van der Waals surface area contributed by atoms with Gasteiger partial charge in [-0.25, -0.2) is 10.8 Å². The standard InChI is InChI=1S/C12H19ClN4/c13-10-5-6-12(16-14)15-11(10)9-17-7-3-1-2-4-8-17/h5-6H,1-4,7-9,14H2,(H,15,16). The van der Waals surface area contributed by atoms with Crippen LogP contribution in [0, 0.1) is 0 Å². The molecular formula is C12H19ClN4. The second-order valence-electron chi connectivity index (χ2n) is 4.46. The molecule has 94 valence electrons. The number of aromatic nitrogens is 1. The van der Waals surface area contributed by atoms with Gasteiger partial charge in [-0.2, -0.15) is 0 Å². The van der Waals surface area contributed by atoms with E-state index in [0.29, 0.717) is 10.8 Å². The maximum Gasteiger partial charge on any atom is 0.140 e. The van der Waals surface area contributed by atoms with Gasteiger partial charge in [-0.3, -0.25) is 4.90 Å². The number of pyridine rings is 1. The van der Waals surface area contributed by atoms with Gasteiger partial charge in [0, 0.05) is 6.54 Å². The van der Waals surface area contributed by atoms with Gasteiger partial charge in [0.25, 0.3) is 0 Å². The average Bonchev–Trinajstić information content (AvgIpc) is 2.60. The Morgan fingerprint density at radius 2 is 1.94 bits per heavy atom. The summed E-state index contributed by atoms with van der Waals surface area (Å²) in [7, 11) is 0. The molecule has 0 atom stereocenters. The molecule has 2 rings (SSSR count). The van der Waals surface area contributed by atoms with Crippen LogP contribution in [0.25, 0.3) is 0 Å². The summed E-state index contributed by atoms with van der Waals surface area (Å²) in [6.07, 6.45) is 5.21. The highest BCUT2D eigenvalue weighted by Gasteiger charge is 2.12. The highest BCUT2D eigenvalue weighted by atomic mass is 35.5.